The van der Waals surface area contributed by atoms with Crippen molar-refractivity contribution in [2.24, 2.45) is 0 Å². The highest BCUT2D eigenvalue weighted by atomic mass is 35.5. The molecule has 0 spiro atoms. The van der Waals surface area contributed by atoms with Crippen LogP contribution in [0.15, 0.2) is 0 Å². The molecule has 0 aromatic carbocycles. The molecule has 1 aromatic heterocycles. The van der Waals surface area contributed by atoms with Gasteiger partial charge in [0.15, 0.2) is 0 Å². The third kappa shape index (κ3) is 2.83. The van der Waals surface area contributed by atoms with Gasteiger partial charge in [0.2, 0.25) is 17.2 Å². The normalized spacial score (nSPS) is 17.0. The zero-order chi connectivity index (χ0) is 13.1. The van der Waals surface area contributed by atoms with Gasteiger partial charge in [-0.25, -0.2) is 0 Å². The highest BCUT2D eigenvalue weighted by Crippen LogP contribution is 2.21. The first-order chi connectivity index (χ1) is 8.61. The van der Waals surface area contributed by atoms with Gasteiger partial charge in [0, 0.05) is 26.2 Å². The van der Waals surface area contributed by atoms with Crippen molar-refractivity contribution >= 4 is 23.5 Å². The minimum absolute atomic E-state index is 0.275. The van der Waals surface area contributed by atoms with Crippen LogP contribution in [-0.2, 0) is 0 Å². The molecule has 2 rings (SSSR count). The van der Waals surface area contributed by atoms with Crippen molar-refractivity contribution in [1.82, 2.24) is 15.0 Å². The van der Waals surface area contributed by atoms with E-state index in [2.05, 4.69) is 33.7 Å². The van der Waals surface area contributed by atoms with Gasteiger partial charge in [-0.3, -0.25) is 0 Å². The molecule has 100 valence electrons. The molecule has 1 fully saturated rings. The van der Waals surface area contributed by atoms with Crippen LogP contribution in [0.1, 0.15) is 33.1 Å². The van der Waals surface area contributed by atoms with Crippen LogP contribution in [0.25, 0.3) is 0 Å². The summed E-state index contributed by atoms with van der Waals surface area (Å²) in [7, 11) is 1.99. The second kappa shape index (κ2) is 5.69. The molecule has 0 bridgehead atoms. The lowest BCUT2D eigenvalue weighted by atomic mass is 10.2. The molecular weight excluding hydrogens is 250 g/mol. The molecule has 0 aliphatic carbocycles. The first-order valence-corrected chi connectivity index (χ1v) is 6.89. The molecule has 0 saturated carbocycles. The second-order valence-corrected chi connectivity index (χ2v) is 5.10. The lowest BCUT2D eigenvalue weighted by Crippen LogP contribution is -2.31. The Balaban J connectivity index is 2.25. The van der Waals surface area contributed by atoms with Gasteiger partial charge in [-0.2, -0.15) is 15.0 Å². The summed E-state index contributed by atoms with van der Waals surface area (Å²) >= 11 is 6.00. The van der Waals surface area contributed by atoms with E-state index in [9.17, 15) is 0 Å². The molecule has 1 aliphatic rings. The van der Waals surface area contributed by atoms with E-state index in [1.807, 2.05) is 11.9 Å². The van der Waals surface area contributed by atoms with Crippen molar-refractivity contribution in [2.75, 3.05) is 29.9 Å². The number of rotatable bonds is 4. The van der Waals surface area contributed by atoms with Crippen LogP contribution in [0.3, 0.4) is 0 Å². The molecule has 0 radical (unpaired) electrons. The predicted octanol–water partition coefficient (Wildman–Crippen LogP) is 2.36. The SMILES string of the molecule is CCC(C)N(C)c1nc(Cl)nc(N2CCCC2)n1. The van der Waals surface area contributed by atoms with Gasteiger partial charge in [-0.15, -0.1) is 0 Å². The Morgan fingerprint density at radius 1 is 1.28 bits per heavy atom. The maximum atomic E-state index is 6.00. The quantitative estimate of drug-likeness (QED) is 0.840. The largest absolute Gasteiger partial charge is 0.341 e. The van der Waals surface area contributed by atoms with Crippen molar-refractivity contribution in [3.8, 4) is 0 Å². The number of hydrogen-bond acceptors (Lipinski definition) is 5. The van der Waals surface area contributed by atoms with E-state index < -0.39 is 0 Å². The van der Waals surface area contributed by atoms with E-state index in [1.54, 1.807) is 0 Å². The van der Waals surface area contributed by atoms with Crippen LogP contribution < -0.4 is 9.80 Å². The highest BCUT2D eigenvalue weighted by Gasteiger charge is 2.19. The van der Waals surface area contributed by atoms with E-state index in [1.165, 1.54) is 12.8 Å². The molecule has 1 unspecified atom stereocenters. The van der Waals surface area contributed by atoms with Gasteiger partial charge < -0.3 is 9.80 Å². The topological polar surface area (TPSA) is 45.2 Å². The lowest BCUT2D eigenvalue weighted by Gasteiger charge is -2.25. The zero-order valence-electron chi connectivity index (χ0n) is 11.2. The standard InChI is InChI=1S/C12H20ClN5/c1-4-9(2)17(3)11-14-10(13)15-12(16-11)18-7-5-6-8-18/h9H,4-8H2,1-3H3. The molecule has 1 aliphatic heterocycles. The van der Waals surface area contributed by atoms with Crippen LogP contribution in [0, 0.1) is 0 Å². The molecule has 6 heteroatoms. The molecule has 1 saturated heterocycles. The molecule has 1 aromatic rings. The summed E-state index contributed by atoms with van der Waals surface area (Å²) in [4.78, 5) is 17.2. The molecule has 0 N–H and O–H groups in total. The minimum Gasteiger partial charge on any atom is -0.341 e. The zero-order valence-corrected chi connectivity index (χ0v) is 12.0. The summed E-state index contributed by atoms with van der Waals surface area (Å²) < 4.78 is 0. The molecular formula is C12H20ClN5. The fourth-order valence-corrected chi connectivity index (χ4v) is 2.17. The average Bonchev–Trinajstić information content (AvgIpc) is 2.90. The first kappa shape index (κ1) is 13.3. The molecule has 18 heavy (non-hydrogen) atoms. The van der Waals surface area contributed by atoms with Gasteiger partial charge in [0.05, 0.1) is 0 Å². The van der Waals surface area contributed by atoms with Gasteiger partial charge in [-0.1, -0.05) is 6.92 Å². The summed E-state index contributed by atoms with van der Waals surface area (Å²) in [6, 6.07) is 0.384. The van der Waals surface area contributed by atoms with Gasteiger partial charge in [0.1, 0.15) is 0 Å². The smallest absolute Gasteiger partial charge is 0.231 e. The number of anilines is 2. The summed E-state index contributed by atoms with van der Waals surface area (Å²) in [5, 5.41) is 0.275. The maximum absolute atomic E-state index is 6.00. The van der Waals surface area contributed by atoms with Gasteiger partial charge in [-0.05, 0) is 37.8 Å². The third-order valence-corrected chi connectivity index (χ3v) is 3.71. The number of nitrogens with zero attached hydrogens (tertiary/aromatic N) is 5. The summed E-state index contributed by atoms with van der Waals surface area (Å²) in [5.74, 6) is 1.36. The molecule has 1 atom stereocenters. The van der Waals surface area contributed by atoms with Gasteiger partial charge in [0.25, 0.3) is 0 Å². The Bertz CT molecular complexity index is 405. The predicted molar refractivity (Wildman–Crippen MR) is 74.4 cm³/mol. The van der Waals surface area contributed by atoms with Crippen molar-refractivity contribution in [3.63, 3.8) is 0 Å². The number of halogens is 1. The fourth-order valence-electron chi connectivity index (χ4n) is 2.02. The number of aromatic nitrogens is 3. The highest BCUT2D eigenvalue weighted by molar-refractivity contribution is 6.28. The van der Waals surface area contributed by atoms with E-state index in [4.69, 9.17) is 11.6 Å². The second-order valence-electron chi connectivity index (χ2n) is 4.77. The van der Waals surface area contributed by atoms with Crippen molar-refractivity contribution < 1.29 is 0 Å². The maximum Gasteiger partial charge on any atom is 0.231 e. The average molecular weight is 270 g/mol. The van der Waals surface area contributed by atoms with Crippen LogP contribution in [0.2, 0.25) is 5.28 Å². The Kier molecular flexibility index (Phi) is 4.22. The van der Waals surface area contributed by atoms with Crippen molar-refractivity contribution in [3.05, 3.63) is 5.28 Å². The first-order valence-electron chi connectivity index (χ1n) is 6.51. The van der Waals surface area contributed by atoms with Crippen molar-refractivity contribution in [1.29, 1.82) is 0 Å². The van der Waals surface area contributed by atoms with Crippen LogP contribution >= 0.6 is 11.6 Å². The summed E-state index contributed by atoms with van der Waals surface area (Å²) in [5.41, 5.74) is 0. The summed E-state index contributed by atoms with van der Waals surface area (Å²) in [6.07, 6.45) is 3.43. The minimum atomic E-state index is 0.275. The van der Waals surface area contributed by atoms with E-state index in [0.717, 1.165) is 19.5 Å². The van der Waals surface area contributed by atoms with Crippen LogP contribution in [0.5, 0.6) is 0 Å². The Labute approximate surface area is 113 Å². The Morgan fingerprint density at radius 2 is 1.94 bits per heavy atom. The fraction of sp³-hybridized carbons (Fsp3) is 0.750. The monoisotopic (exact) mass is 269 g/mol. The lowest BCUT2D eigenvalue weighted by molar-refractivity contribution is 0.645. The van der Waals surface area contributed by atoms with Crippen LogP contribution in [0.4, 0.5) is 11.9 Å². The van der Waals surface area contributed by atoms with Crippen LogP contribution in [-0.4, -0.2) is 41.1 Å². The van der Waals surface area contributed by atoms with Gasteiger partial charge >= 0.3 is 0 Å². The molecule has 2 heterocycles. The Morgan fingerprint density at radius 3 is 2.56 bits per heavy atom. The third-order valence-electron chi connectivity index (χ3n) is 3.54. The Hall–Kier alpha value is -1.10. The van der Waals surface area contributed by atoms with E-state index >= 15 is 0 Å². The summed E-state index contributed by atoms with van der Waals surface area (Å²) in [6.45, 7) is 6.30. The molecule has 5 nitrogen and oxygen atoms in total. The van der Waals surface area contributed by atoms with E-state index in [-0.39, 0.29) is 5.28 Å². The number of hydrogen-bond donors (Lipinski definition) is 0. The van der Waals surface area contributed by atoms with Crippen molar-refractivity contribution in [2.45, 2.75) is 39.2 Å². The van der Waals surface area contributed by atoms with E-state index in [0.29, 0.717) is 17.9 Å². The molecule has 0 amide bonds.